The van der Waals surface area contributed by atoms with Crippen molar-refractivity contribution in [2.75, 3.05) is 31.6 Å². The molecule has 178 valence electrons. The second-order valence-electron chi connectivity index (χ2n) is 7.80. The fourth-order valence-electron chi connectivity index (χ4n) is 3.85. The third kappa shape index (κ3) is 6.88. The van der Waals surface area contributed by atoms with Gasteiger partial charge in [0.15, 0.2) is 0 Å². The molecule has 2 aromatic rings. The summed E-state index contributed by atoms with van der Waals surface area (Å²) >= 11 is 0. The molecule has 1 aromatic carbocycles. The van der Waals surface area contributed by atoms with Crippen LogP contribution in [0, 0.1) is 17.7 Å². The van der Waals surface area contributed by atoms with Gasteiger partial charge in [0, 0.05) is 37.7 Å². The van der Waals surface area contributed by atoms with Crippen LogP contribution in [0.1, 0.15) is 5.56 Å². The maximum Gasteiger partial charge on any atom is 0.490 e. The molecule has 33 heavy (non-hydrogen) atoms. The van der Waals surface area contributed by atoms with Gasteiger partial charge in [0.05, 0.1) is 19.1 Å². The summed E-state index contributed by atoms with van der Waals surface area (Å²) in [5, 5.41) is 10.5. The van der Waals surface area contributed by atoms with Crippen molar-refractivity contribution in [3.8, 4) is 0 Å². The number of benzene rings is 1. The van der Waals surface area contributed by atoms with E-state index in [1.165, 1.54) is 12.1 Å². The van der Waals surface area contributed by atoms with E-state index in [0.29, 0.717) is 37.1 Å². The van der Waals surface area contributed by atoms with Gasteiger partial charge in [-0.3, -0.25) is 4.79 Å². The van der Waals surface area contributed by atoms with Crippen LogP contribution in [0.4, 0.5) is 23.4 Å². The van der Waals surface area contributed by atoms with E-state index in [4.69, 9.17) is 14.6 Å². The fraction of sp³-hybridized carbons (Fsp3) is 0.409. The zero-order chi connectivity index (χ0) is 24.0. The number of hydrogen-bond acceptors (Lipinski definition) is 5. The van der Waals surface area contributed by atoms with Crippen molar-refractivity contribution in [2.24, 2.45) is 11.8 Å². The molecule has 0 radical (unpaired) electrons. The van der Waals surface area contributed by atoms with Gasteiger partial charge >= 0.3 is 12.1 Å². The number of fused-ring (bicyclic) bond motifs is 1. The first-order valence-electron chi connectivity index (χ1n) is 10.2. The number of likely N-dealkylation sites (tertiary alicyclic amines) is 1. The number of nitrogens with one attached hydrogen (secondary N) is 1. The standard InChI is InChI=1S/C20H22FN3O2.C2HF3O2/c21-16-5-3-4-14(8-16)9-20(25)24-11-17-15(13-26-18(17)12-24)10-23-19-6-1-2-7-22-19;3-2(4,5)1(6)7/h1-8,15,17-18H,9-13H2,(H,22,23);(H,6,7)/t15-,17+,18+;/m0./s1. The molecule has 3 heterocycles. The van der Waals surface area contributed by atoms with E-state index in [9.17, 15) is 22.4 Å². The predicted octanol–water partition coefficient (Wildman–Crippen LogP) is 2.98. The number of aromatic nitrogens is 1. The molecule has 4 rings (SSSR count). The molecule has 0 saturated carbocycles. The molecule has 1 amide bonds. The number of anilines is 1. The Bertz CT molecular complexity index is 958. The SMILES string of the molecule is O=C(Cc1cccc(F)c1)N1C[C@@H]2[C@@H](CNc3ccccn3)CO[C@@H]2C1.O=C(O)C(F)(F)F. The van der Waals surface area contributed by atoms with Gasteiger partial charge in [-0.25, -0.2) is 14.2 Å². The molecule has 2 aliphatic heterocycles. The summed E-state index contributed by atoms with van der Waals surface area (Å²) in [6, 6.07) is 12.0. The minimum atomic E-state index is -5.08. The van der Waals surface area contributed by atoms with Crippen molar-refractivity contribution < 1.29 is 37.0 Å². The maximum absolute atomic E-state index is 13.3. The van der Waals surface area contributed by atoms with Gasteiger partial charge in [-0.15, -0.1) is 0 Å². The molecule has 2 saturated heterocycles. The van der Waals surface area contributed by atoms with E-state index in [1.54, 1.807) is 18.3 Å². The van der Waals surface area contributed by atoms with Crippen LogP contribution in [0.15, 0.2) is 48.7 Å². The molecule has 0 unspecified atom stereocenters. The molecule has 0 spiro atoms. The molecule has 1 aromatic heterocycles. The number of nitrogens with zero attached hydrogens (tertiary/aromatic N) is 2. The van der Waals surface area contributed by atoms with Gasteiger partial charge in [-0.05, 0) is 29.8 Å². The number of aliphatic carboxylic acids is 1. The Balaban J connectivity index is 0.000000383. The van der Waals surface area contributed by atoms with Crippen LogP contribution >= 0.6 is 0 Å². The van der Waals surface area contributed by atoms with Crippen molar-refractivity contribution in [1.29, 1.82) is 0 Å². The summed E-state index contributed by atoms with van der Waals surface area (Å²) < 4.78 is 51.0. The van der Waals surface area contributed by atoms with Gasteiger partial charge in [0.2, 0.25) is 5.91 Å². The number of pyridine rings is 1. The topological polar surface area (TPSA) is 91.8 Å². The Morgan fingerprint density at radius 3 is 2.58 bits per heavy atom. The van der Waals surface area contributed by atoms with Crippen molar-refractivity contribution in [1.82, 2.24) is 9.88 Å². The Morgan fingerprint density at radius 1 is 1.18 bits per heavy atom. The minimum Gasteiger partial charge on any atom is -0.475 e. The lowest BCUT2D eigenvalue weighted by Gasteiger charge is -2.20. The molecular formula is C22H23F4N3O4. The molecule has 0 bridgehead atoms. The van der Waals surface area contributed by atoms with Crippen molar-refractivity contribution in [2.45, 2.75) is 18.7 Å². The van der Waals surface area contributed by atoms with Crippen LogP contribution in [-0.2, 0) is 20.7 Å². The van der Waals surface area contributed by atoms with E-state index in [2.05, 4.69) is 10.3 Å². The van der Waals surface area contributed by atoms with Crippen molar-refractivity contribution in [3.63, 3.8) is 0 Å². The smallest absolute Gasteiger partial charge is 0.475 e. The lowest BCUT2D eigenvalue weighted by atomic mass is 9.93. The van der Waals surface area contributed by atoms with E-state index >= 15 is 0 Å². The first-order valence-corrected chi connectivity index (χ1v) is 10.2. The lowest BCUT2D eigenvalue weighted by Crippen LogP contribution is -2.33. The highest BCUT2D eigenvalue weighted by Crippen LogP contribution is 2.34. The number of alkyl halides is 3. The summed E-state index contributed by atoms with van der Waals surface area (Å²) in [5.41, 5.74) is 0.710. The third-order valence-corrected chi connectivity index (χ3v) is 5.49. The van der Waals surface area contributed by atoms with Gasteiger partial charge < -0.3 is 20.1 Å². The molecule has 2 fully saturated rings. The van der Waals surface area contributed by atoms with Crippen LogP contribution in [0.5, 0.6) is 0 Å². The number of amides is 1. The average Bonchev–Trinajstić information content (AvgIpc) is 3.34. The lowest BCUT2D eigenvalue weighted by molar-refractivity contribution is -0.192. The number of carbonyl (C=O) groups excluding carboxylic acids is 1. The van der Waals surface area contributed by atoms with E-state index < -0.39 is 12.1 Å². The summed E-state index contributed by atoms with van der Waals surface area (Å²) in [7, 11) is 0. The first kappa shape index (κ1) is 24.4. The number of halogens is 4. The fourth-order valence-corrected chi connectivity index (χ4v) is 3.85. The summed E-state index contributed by atoms with van der Waals surface area (Å²) in [6.45, 7) is 2.82. The van der Waals surface area contributed by atoms with Gasteiger partial charge in [0.25, 0.3) is 0 Å². The normalized spacial score (nSPS) is 21.7. The molecule has 11 heteroatoms. The summed E-state index contributed by atoms with van der Waals surface area (Å²) in [6.07, 6.45) is -2.99. The number of hydrogen-bond donors (Lipinski definition) is 2. The molecule has 2 N–H and O–H groups in total. The molecular weight excluding hydrogens is 446 g/mol. The highest BCUT2D eigenvalue weighted by molar-refractivity contribution is 5.79. The van der Waals surface area contributed by atoms with Crippen LogP contribution in [-0.4, -0.2) is 65.4 Å². The van der Waals surface area contributed by atoms with E-state index in [0.717, 1.165) is 12.4 Å². The van der Waals surface area contributed by atoms with Gasteiger partial charge in [-0.2, -0.15) is 13.2 Å². The summed E-state index contributed by atoms with van der Waals surface area (Å²) in [4.78, 5) is 27.6. The zero-order valence-electron chi connectivity index (χ0n) is 17.5. The van der Waals surface area contributed by atoms with Gasteiger partial charge in [-0.1, -0.05) is 18.2 Å². The minimum absolute atomic E-state index is 0.0324. The summed E-state index contributed by atoms with van der Waals surface area (Å²) in [5.74, 6) is -1.49. The second kappa shape index (κ2) is 10.6. The Morgan fingerprint density at radius 2 is 1.94 bits per heavy atom. The van der Waals surface area contributed by atoms with Crippen molar-refractivity contribution >= 4 is 17.7 Å². The molecule has 3 atom stereocenters. The maximum atomic E-state index is 13.3. The number of ether oxygens (including phenoxy) is 1. The Labute approximate surface area is 187 Å². The quantitative estimate of drug-likeness (QED) is 0.655. The molecule has 0 aliphatic carbocycles. The second-order valence-corrected chi connectivity index (χ2v) is 7.80. The monoisotopic (exact) mass is 469 g/mol. The van der Waals surface area contributed by atoms with Crippen LogP contribution in [0.2, 0.25) is 0 Å². The number of carboxylic acid groups (broad SMARTS) is 1. The number of rotatable bonds is 5. The zero-order valence-corrected chi connectivity index (χ0v) is 17.5. The molecule has 2 aliphatic rings. The number of carbonyl (C=O) groups is 2. The van der Waals surface area contributed by atoms with E-state index in [1.807, 2.05) is 23.1 Å². The highest BCUT2D eigenvalue weighted by Gasteiger charge is 2.44. The number of carboxylic acids is 1. The van der Waals surface area contributed by atoms with E-state index in [-0.39, 0.29) is 24.2 Å². The first-order chi connectivity index (χ1) is 15.6. The molecule has 7 nitrogen and oxygen atoms in total. The predicted molar refractivity (Wildman–Crippen MR) is 110 cm³/mol. The van der Waals surface area contributed by atoms with Crippen LogP contribution in [0.25, 0.3) is 0 Å². The average molecular weight is 469 g/mol. The third-order valence-electron chi connectivity index (χ3n) is 5.49. The van der Waals surface area contributed by atoms with Crippen LogP contribution < -0.4 is 5.32 Å². The largest absolute Gasteiger partial charge is 0.490 e. The Kier molecular flexibility index (Phi) is 7.85. The van der Waals surface area contributed by atoms with Crippen molar-refractivity contribution in [3.05, 3.63) is 60.0 Å². The van der Waals surface area contributed by atoms with Crippen LogP contribution in [0.3, 0.4) is 0 Å². The van der Waals surface area contributed by atoms with Gasteiger partial charge in [0.1, 0.15) is 11.6 Å². The Hall–Kier alpha value is -3.21. The highest BCUT2D eigenvalue weighted by atomic mass is 19.4.